The fourth-order valence-electron chi connectivity index (χ4n) is 5.45. The Morgan fingerprint density at radius 1 is 0.771 bits per heavy atom. The van der Waals surface area contributed by atoms with Crippen LogP contribution in [0, 0.1) is 11.3 Å². The van der Waals surface area contributed by atoms with Gasteiger partial charge in [0.2, 0.25) is 8.32 Å². The van der Waals surface area contributed by atoms with E-state index in [1.54, 1.807) is 6.07 Å². The van der Waals surface area contributed by atoms with Gasteiger partial charge in [-0.1, -0.05) is 107 Å². The van der Waals surface area contributed by atoms with Crippen LogP contribution in [0.2, 0.25) is 26.7 Å². The van der Waals surface area contributed by atoms with Crippen LogP contribution in [0.4, 0.5) is 0 Å². The van der Waals surface area contributed by atoms with Crippen molar-refractivity contribution in [2.75, 3.05) is 0 Å². The van der Waals surface area contributed by atoms with E-state index in [-0.39, 0.29) is 0 Å². The summed E-state index contributed by atoms with van der Waals surface area (Å²) in [6.45, 7) is 14.5. The molecular formula is C30H35Cl2NOSi. The average Bonchev–Trinajstić information content (AvgIpc) is 2.81. The van der Waals surface area contributed by atoms with Crippen molar-refractivity contribution in [3.8, 4) is 17.2 Å². The molecule has 0 aliphatic carbocycles. The van der Waals surface area contributed by atoms with Gasteiger partial charge in [-0.25, -0.2) is 0 Å². The molecule has 0 N–H and O–H groups in total. The summed E-state index contributed by atoms with van der Waals surface area (Å²) >= 11 is 12.2. The zero-order valence-corrected chi connectivity index (χ0v) is 24.0. The monoisotopic (exact) mass is 523 g/mol. The van der Waals surface area contributed by atoms with Gasteiger partial charge < -0.3 is 4.43 Å². The number of benzene rings is 3. The summed E-state index contributed by atoms with van der Waals surface area (Å²) in [6, 6.07) is 22.5. The normalized spacial score (nSPS) is 11.9. The average molecular weight is 525 g/mol. The molecule has 0 bridgehead atoms. The molecule has 0 radical (unpaired) electrons. The zero-order chi connectivity index (χ0) is 25.8. The van der Waals surface area contributed by atoms with Gasteiger partial charge in [0.05, 0.1) is 28.3 Å². The molecule has 0 aromatic heterocycles. The molecule has 3 rings (SSSR count). The minimum Gasteiger partial charge on any atom is -0.412 e. The number of nitriles is 1. The van der Waals surface area contributed by atoms with E-state index in [1.165, 1.54) is 11.1 Å². The van der Waals surface area contributed by atoms with Gasteiger partial charge in [0.15, 0.2) is 0 Å². The highest BCUT2D eigenvalue weighted by molar-refractivity contribution is 6.77. The SMILES string of the molecule is CC(C)[Si](OCc1cccc(Cc2ccc(-c3ccc(Cl)c(Cl)c3)cc2C#N)c1)(C(C)C)C(C)C. The highest BCUT2D eigenvalue weighted by atomic mass is 35.5. The first-order chi connectivity index (χ1) is 16.6. The first-order valence-electron chi connectivity index (χ1n) is 12.3. The largest absolute Gasteiger partial charge is 0.412 e. The lowest BCUT2D eigenvalue weighted by Crippen LogP contribution is -2.47. The Morgan fingerprint density at radius 2 is 1.37 bits per heavy atom. The molecule has 3 aromatic carbocycles. The summed E-state index contributed by atoms with van der Waals surface area (Å²) in [7, 11) is -1.92. The number of rotatable bonds is 9. The predicted molar refractivity (Wildman–Crippen MR) is 152 cm³/mol. The van der Waals surface area contributed by atoms with Crippen LogP contribution in [0.25, 0.3) is 11.1 Å². The van der Waals surface area contributed by atoms with Crippen molar-refractivity contribution < 1.29 is 4.43 Å². The van der Waals surface area contributed by atoms with Crippen LogP contribution in [-0.2, 0) is 17.5 Å². The number of halogens is 2. The van der Waals surface area contributed by atoms with E-state index in [2.05, 4.69) is 71.9 Å². The van der Waals surface area contributed by atoms with Gasteiger partial charge in [-0.15, -0.1) is 0 Å². The van der Waals surface area contributed by atoms with Gasteiger partial charge in [0, 0.05) is 0 Å². The molecule has 2 nitrogen and oxygen atoms in total. The Morgan fingerprint density at radius 3 is 1.97 bits per heavy atom. The molecule has 0 saturated carbocycles. The van der Waals surface area contributed by atoms with Crippen LogP contribution in [0.1, 0.15) is 63.8 Å². The minimum absolute atomic E-state index is 0.505. The first-order valence-corrected chi connectivity index (χ1v) is 15.2. The van der Waals surface area contributed by atoms with Crippen molar-refractivity contribution in [2.24, 2.45) is 0 Å². The summed E-state index contributed by atoms with van der Waals surface area (Å²) in [4.78, 5) is 0. The van der Waals surface area contributed by atoms with Gasteiger partial charge in [-0.05, 0) is 69.1 Å². The second-order valence-corrected chi connectivity index (χ2v) is 16.5. The van der Waals surface area contributed by atoms with Crippen LogP contribution in [-0.4, -0.2) is 8.32 Å². The van der Waals surface area contributed by atoms with Crippen LogP contribution in [0.5, 0.6) is 0 Å². The maximum atomic E-state index is 9.84. The van der Waals surface area contributed by atoms with E-state index >= 15 is 0 Å². The van der Waals surface area contributed by atoms with Gasteiger partial charge in [0.1, 0.15) is 0 Å². The molecule has 0 spiro atoms. The van der Waals surface area contributed by atoms with Gasteiger partial charge >= 0.3 is 0 Å². The zero-order valence-electron chi connectivity index (χ0n) is 21.5. The lowest BCUT2D eigenvalue weighted by atomic mass is 9.95. The van der Waals surface area contributed by atoms with E-state index in [0.717, 1.165) is 16.7 Å². The Hall–Kier alpha value is -2.09. The van der Waals surface area contributed by atoms with E-state index in [4.69, 9.17) is 27.6 Å². The van der Waals surface area contributed by atoms with Crippen molar-refractivity contribution >= 4 is 31.5 Å². The third-order valence-electron chi connectivity index (χ3n) is 7.07. The highest BCUT2D eigenvalue weighted by Gasteiger charge is 2.44. The van der Waals surface area contributed by atoms with Crippen molar-refractivity contribution in [2.45, 2.75) is 71.2 Å². The molecule has 0 fully saturated rings. The molecule has 3 aromatic rings. The van der Waals surface area contributed by atoms with Crippen molar-refractivity contribution in [3.63, 3.8) is 0 Å². The second-order valence-electron chi connectivity index (χ2n) is 10.2. The second kappa shape index (κ2) is 11.8. The highest BCUT2D eigenvalue weighted by Crippen LogP contribution is 2.42. The van der Waals surface area contributed by atoms with E-state index in [9.17, 15) is 5.26 Å². The minimum atomic E-state index is -1.92. The molecule has 0 saturated heterocycles. The molecule has 0 atom stereocenters. The molecule has 5 heteroatoms. The molecular weight excluding hydrogens is 489 g/mol. The topological polar surface area (TPSA) is 33.0 Å². The summed E-state index contributed by atoms with van der Waals surface area (Å²) in [5.41, 5.74) is 7.58. The van der Waals surface area contributed by atoms with Crippen LogP contribution in [0.3, 0.4) is 0 Å². The third-order valence-corrected chi connectivity index (χ3v) is 13.9. The summed E-state index contributed by atoms with van der Waals surface area (Å²) in [5, 5.41) is 10.9. The van der Waals surface area contributed by atoms with Crippen molar-refractivity contribution in [1.82, 2.24) is 0 Å². The summed E-state index contributed by atoms with van der Waals surface area (Å²) < 4.78 is 6.80. The standard InChI is InChI=1S/C30H35Cl2NOSi/c1-20(2)35(21(3)4,22(5)6)34-19-24-9-7-8-23(14-24)15-25-10-11-26(16-28(25)18-33)27-12-13-29(31)30(32)17-27/h7-14,16-17,20-22H,15,19H2,1-6H3. The Labute approximate surface area is 222 Å². The Kier molecular flexibility index (Phi) is 9.24. The summed E-state index contributed by atoms with van der Waals surface area (Å²) in [5.74, 6) is 0. The fourth-order valence-corrected chi connectivity index (χ4v) is 11.2. The molecule has 0 aliphatic rings. The Bertz CT molecular complexity index is 1190. The number of nitrogens with zero attached hydrogens (tertiary/aromatic N) is 1. The molecule has 0 aliphatic heterocycles. The lowest BCUT2D eigenvalue weighted by Gasteiger charge is -2.42. The van der Waals surface area contributed by atoms with E-state index in [0.29, 0.717) is 45.3 Å². The third kappa shape index (κ3) is 6.19. The van der Waals surface area contributed by atoms with Gasteiger partial charge in [-0.3, -0.25) is 0 Å². The number of hydrogen-bond donors (Lipinski definition) is 0. The van der Waals surface area contributed by atoms with Crippen LogP contribution < -0.4 is 0 Å². The van der Waals surface area contributed by atoms with Crippen molar-refractivity contribution in [1.29, 1.82) is 5.26 Å². The quantitative estimate of drug-likeness (QED) is 0.261. The van der Waals surface area contributed by atoms with Gasteiger partial charge in [-0.2, -0.15) is 5.26 Å². The molecule has 0 heterocycles. The molecule has 0 unspecified atom stereocenters. The molecule has 0 amide bonds. The lowest BCUT2D eigenvalue weighted by molar-refractivity contribution is 0.266. The number of hydrogen-bond acceptors (Lipinski definition) is 2. The summed E-state index contributed by atoms with van der Waals surface area (Å²) in [6.07, 6.45) is 0.694. The van der Waals surface area contributed by atoms with Crippen molar-refractivity contribution in [3.05, 3.63) is 93.0 Å². The van der Waals surface area contributed by atoms with Crippen LogP contribution >= 0.6 is 23.2 Å². The van der Waals surface area contributed by atoms with Crippen LogP contribution in [0.15, 0.2) is 60.7 Å². The first kappa shape index (κ1) is 27.5. The molecule has 184 valence electrons. The maximum absolute atomic E-state index is 9.84. The van der Waals surface area contributed by atoms with Gasteiger partial charge in [0.25, 0.3) is 0 Å². The smallest absolute Gasteiger partial charge is 0.200 e. The van der Waals surface area contributed by atoms with E-state index < -0.39 is 8.32 Å². The van der Waals surface area contributed by atoms with E-state index in [1.807, 2.05) is 30.3 Å². The maximum Gasteiger partial charge on any atom is 0.200 e. The predicted octanol–water partition coefficient (Wildman–Crippen LogP) is 9.81. The molecule has 35 heavy (non-hydrogen) atoms. The fraction of sp³-hybridized carbons (Fsp3) is 0.367. The Balaban J connectivity index is 1.81.